The average Bonchev–Trinajstić information content (AvgIpc) is 2.51. The van der Waals surface area contributed by atoms with Crippen molar-refractivity contribution in [1.29, 1.82) is 0 Å². The molecule has 1 aromatic carbocycles. The van der Waals surface area contributed by atoms with Crippen LogP contribution in [0, 0.1) is 0 Å². The van der Waals surface area contributed by atoms with Gasteiger partial charge in [0.15, 0.2) is 0 Å². The predicted molar refractivity (Wildman–Crippen MR) is 92.4 cm³/mol. The maximum atomic E-state index is 11.0. The van der Waals surface area contributed by atoms with Crippen molar-refractivity contribution >= 4 is 11.9 Å². The normalized spacial score (nSPS) is 12.2. The van der Waals surface area contributed by atoms with Gasteiger partial charge in [0.1, 0.15) is 5.75 Å². The van der Waals surface area contributed by atoms with Gasteiger partial charge in [-0.15, -0.1) is 0 Å². The van der Waals surface area contributed by atoms with Crippen molar-refractivity contribution in [2.24, 2.45) is 0 Å². The zero-order chi connectivity index (χ0) is 18.1. The molecule has 3 N–H and O–H groups in total. The summed E-state index contributed by atoms with van der Waals surface area (Å²) in [6.45, 7) is 3.92. The summed E-state index contributed by atoms with van der Waals surface area (Å²) in [6.07, 6.45) is 6.89. The second-order valence-electron chi connectivity index (χ2n) is 5.91. The molecule has 0 aliphatic rings. The summed E-state index contributed by atoms with van der Waals surface area (Å²) in [7, 11) is 0. The molecule has 0 amide bonds. The first kappa shape index (κ1) is 19.5. The fourth-order valence-corrected chi connectivity index (χ4v) is 2.28. The number of aromatic carboxylic acids is 1. The lowest BCUT2D eigenvalue weighted by Crippen LogP contribution is -1.97. The average molecular weight is 332 g/mol. The second-order valence-corrected chi connectivity index (χ2v) is 5.91. The minimum atomic E-state index is -1.01. The zero-order valence-corrected chi connectivity index (χ0v) is 14.1. The van der Waals surface area contributed by atoms with E-state index in [0.717, 1.165) is 30.4 Å². The third-order valence-electron chi connectivity index (χ3n) is 3.76. The van der Waals surface area contributed by atoms with Crippen LogP contribution in [-0.4, -0.2) is 27.3 Å². The van der Waals surface area contributed by atoms with Crippen molar-refractivity contribution in [2.45, 2.75) is 46.0 Å². The van der Waals surface area contributed by atoms with Crippen molar-refractivity contribution in [3.8, 4) is 5.75 Å². The predicted octanol–water partition coefficient (Wildman–Crippen LogP) is 4.17. The fourth-order valence-electron chi connectivity index (χ4n) is 2.28. The van der Waals surface area contributed by atoms with E-state index in [1.165, 1.54) is 18.2 Å². The molecule has 5 nitrogen and oxygen atoms in total. The van der Waals surface area contributed by atoms with Crippen LogP contribution in [-0.2, 0) is 11.2 Å². The number of benzene rings is 1. The number of aliphatic carboxylic acids is 1. The first-order valence-corrected chi connectivity index (χ1v) is 7.88. The summed E-state index contributed by atoms with van der Waals surface area (Å²) < 4.78 is 0. The number of carboxylic acid groups (broad SMARTS) is 2. The molecule has 130 valence electrons. The Bertz CT molecular complexity index is 656. The van der Waals surface area contributed by atoms with E-state index in [1.807, 2.05) is 19.9 Å². The molecule has 0 aromatic heterocycles. The first-order valence-electron chi connectivity index (χ1n) is 7.88. The molecule has 5 heteroatoms. The summed E-state index contributed by atoms with van der Waals surface area (Å²) in [5.41, 5.74) is 2.97. The maximum absolute atomic E-state index is 11.0. The van der Waals surface area contributed by atoms with Gasteiger partial charge in [0.25, 0.3) is 0 Å². The summed E-state index contributed by atoms with van der Waals surface area (Å²) in [5.74, 6) is -1.74. The van der Waals surface area contributed by atoms with E-state index < -0.39 is 11.9 Å². The third kappa shape index (κ3) is 7.13. The van der Waals surface area contributed by atoms with Crippen LogP contribution >= 0.6 is 0 Å². The fraction of sp³-hybridized carbons (Fsp3) is 0.368. The van der Waals surface area contributed by atoms with Gasteiger partial charge < -0.3 is 15.3 Å². The lowest BCUT2D eigenvalue weighted by molar-refractivity contribution is -0.136. The minimum Gasteiger partial charge on any atom is -0.508 e. The molecule has 0 heterocycles. The van der Waals surface area contributed by atoms with Crippen LogP contribution in [0.5, 0.6) is 5.75 Å². The Morgan fingerprint density at radius 3 is 2.25 bits per heavy atom. The molecule has 0 fully saturated rings. The number of carboxylic acids is 2. The van der Waals surface area contributed by atoms with Gasteiger partial charge >= 0.3 is 11.9 Å². The number of aromatic hydroxyl groups is 1. The highest BCUT2D eigenvalue weighted by Crippen LogP contribution is 2.21. The first-order chi connectivity index (χ1) is 11.3. The van der Waals surface area contributed by atoms with Gasteiger partial charge in [0.2, 0.25) is 0 Å². The number of phenols is 1. The van der Waals surface area contributed by atoms with Gasteiger partial charge in [-0.2, -0.15) is 0 Å². The molecule has 0 spiro atoms. The van der Waals surface area contributed by atoms with E-state index in [0.29, 0.717) is 12.0 Å². The molecule has 0 aliphatic heterocycles. The van der Waals surface area contributed by atoms with E-state index in [4.69, 9.17) is 10.2 Å². The second kappa shape index (κ2) is 9.55. The van der Waals surface area contributed by atoms with Crippen LogP contribution in [0.4, 0.5) is 0 Å². The number of hydrogen-bond donors (Lipinski definition) is 3. The third-order valence-corrected chi connectivity index (χ3v) is 3.76. The molecule has 0 unspecified atom stereocenters. The zero-order valence-electron chi connectivity index (χ0n) is 14.1. The molecule has 24 heavy (non-hydrogen) atoms. The van der Waals surface area contributed by atoms with Crippen molar-refractivity contribution in [3.05, 3.63) is 52.6 Å². The molecular formula is C19H24O5. The van der Waals surface area contributed by atoms with Gasteiger partial charge in [0.05, 0.1) is 12.0 Å². The van der Waals surface area contributed by atoms with Crippen LogP contribution in [0.15, 0.2) is 41.5 Å². The van der Waals surface area contributed by atoms with Gasteiger partial charge in [0, 0.05) is 0 Å². The van der Waals surface area contributed by atoms with E-state index in [2.05, 4.69) is 0 Å². The monoisotopic (exact) mass is 332 g/mol. The smallest absolute Gasteiger partial charge is 0.335 e. The largest absolute Gasteiger partial charge is 0.508 e. The number of hydrogen-bond acceptors (Lipinski definition) is 3. The summed E-state index contributed by atoms with van der Waals surface area (Å²) in [4.78, 5) is 21.5. The Hall–Kier alpha value is -2.56. The number of rotatable bonds is 9. The Morgan fingerprint density at radius 2 is 1.67 bits per heavy atom. The SMILES string of the molecule is C/C(=C/CC(=O)O)CCC/C(C)=C/Cc1cc(C(=O)O)ccc1O. The molecule has 0 radical (unpaired) electrons. The van der Waals surface area contributed by atoms with Gasteiger partial charge in [-0.25, -0.2) is 4.79 Å². The highest BCUT2D eigenvalue weighted by molar-refractivity contribution is 5.88. The van der Waals surface area contributed by atoms with Crippen LogP contribution in [0.2, 0.25) is 0 Å². The quantitative estimate of drug-likeness (QED) is 0.590. The maximum Gasteiger partial charge on any atom is 0.335 e. The van der Waals surface area contributed by atoms with Crippen molar-refractivity contribution in [1.82, 2.24) is 0 Å². The van der Waals surface area contributed by atoms with E-state index in [-0.39, 0.29) is 17.7 Å². The minimum absolute atomic E-state index is 0.0554. The van der Waals surface area contributed by atoms with Crippen molar-refractivity contribution in [2.75, 3.05) is 0 Å². The summed E-state index contributed by atoms with van der Waals surface area (Å²) in [5, 5.41) is 27.4. The molecule has 1 rings (SSSR count). The van der Waals surface area contributed by atoms with E-state index in [9.17, 15) is 14.7 Å². The lowest BCUT2D eigenvalue weighted by Gasteiger charge is -2.06. The molecule has 0 saturated carbocycles. The number of phenolic OH excluding ortho intramolecular Hbond substituents is 1. The van der Waals surface area contributed by atoms with Gasteiger partial charge in [-0.1, -0.05) is 23.3 Å². The van der Waals surface area contributed by atoms with Gasteiger partial charge in [-0.05, 0) is 63.3 Å². The van der Waals surface area contributed by atoms with E-state index >= 15 is 0 Å². The standard InChI is InChI=1S/C19H24O5/c1-13(4-3-5-14(2)7-11-18(21)22)6-8-15-12-16(19(23)24)9-10-17(15)20/h6-7,9-10,12,20H,3-5,8,11H2,1-2H3,(H,21,22)(H,23,24)/b13-6+,14-7-. The molecule has 1 aromatic rings. The Kier molecular flexibility index (Phi) is 7.75. The Balaban J connectivity index is 2.53. The molecule has 0 bridgehead atoms. The van der Waals surface area contributed by atoms with Crippen LogP contribution in [0.3, 0.4) is 0 Å². The highest BCUT2D eigenvalue weighted by Gasteiger charge is 2.07. The van der Waals surface area contributed by atoms with Crippen LogP contribution in [0.1, 0.15) is 55.5 Å². The van der Waals surface area contributed by atoms with E-state index in [1.54, 1.807) is 6.08 Å². The number of allylic oxidation sites excluding steroid dienone is 3. The molecule has 0 aliphatic carbocycles. The summed E-state index contributed by atoms with van der Waals surface area (Å²) in [6, 6.07) is 4.27. The van der Waals surface area contributed by atoms with Gasteiger partial charge in [-0.3, -0.25) is 4.79 Å². The summed E-state index contributed by atoms with van der Waals surface area (Å²) >= 11 is 0. The lowest BCUT2D eigenvalue weighted by atomic mass is 10.0. The number of carbonyl (C=O) groups is 2. The molecular weight excluding hydrogens is 308 g/mol. The van der Waals surface area contributed by atoms with Crippen molar-refractivity contribution < 1.29 is 24.9 Å². The van der Waals surface area contributed by atoms with Crippen molar-refractivity contribution in [3.63, 3.8) is 0 Å². The highest BCUT2D eigenvalue weighted by atomic mass is 16.4. The molecule has 0 saturated heterocycles. The topological polar surface area (TPSA) is 94.8 Å². The molecule has 0 atom stereocenters. The van der Waals surface area contributed by atoms with Crippen LogP contribution < -0.4 is 0 Å². The Morgan fingerprint density at radius 1 is 1.04 bits per heavy atom. The van der Waals surface area contributed by atoms with Crippen LogP contribution in [0.25, 0.3) is 0 Å². The Labute approximate surface area is 142 Å².